The lowest BCUT2D eigenvalue weighted by atomic mass is 9.93. The topological polar surface area (TPSA) is 65.9 Å². The Labute approximate surface area is 145 Å². The van der Waals surface area contributed by atoms with E-state index in [1.54, 1.807) is 12.1 Å². The number of aliphatic imine (C=N–C) groups is 1. The number of halogens is 3. The Kier molecular flexibility index (Phi) is 6.92. The van der Waals surface area contributed by atoms with Crippen molar-refractivity contribution in [1.29, 1.82) is 0 Å². The third kappa shape index (κ3) is 6.81. The molecule has 0 radical (unpaired) electrons. The van der Waals surface area contributed by atoms with Crippen LogP contribution < -0.4 is 15.4 Å². The molecule has 1 aliphatic rings. The Morgan fingerprint density at radius 2 is 1.92 bits per heavy atom. The minimum absolute atomic E-state index is 0.0664. The molecular weight excluding hydrogens is 335 g/mol. The van der Waals surface area contributed by atoms with E-state index in [1.165, 1.54) is 12.1 Å². The molecule has 1 aromatic carbocycles. The average molecular weight is 359 g/mol. The number of para-hydroxylation sites is 1. The second kappa shape index (κ2) is 8.94. The lowest BCUT2D eigenvalue weighted by molar-refractivity contribution is -0.274. The van der Waals surface area contributed by atoms with E-state index in [4.69, 9.17) is 0 Å². The standard InChI is InChI=1S/C17H24F3N3O2/c1-2-21-16(23-13-7-9-14(24)10-8-13)22-11-12-5-3-4-6-15(12)25-17(18,19)20/h3-6,13-14,24H,2,7-11H2,1H3,(H2,21,22,23). The molecule has 1 fully saturated rings. The van der Waals surface area contributed by atoms with Crippen molar-refractivity contribution in [1.82, 2.24) is 10.6 Å². The molecule has 0 aromatic heterocycles. The first-order chi connectivity index (χ1) is 11.9. The SMILES string of the molecule is CCNC(=NCc1ccccc1OC(F)(F)F)NC1CCC(O)CC1. The number of hydrogen-bond acceptors (Lipinski definition) is 3. The maximum atomic E-state index is 12.5. The van der Waals surface area contributed by atoms with Gasteiger partial charge in [0.15, 0.2) is 5.96 Å². The molecule has 2 rings (SSSR count). The van der Waals surface area contributed by atoms with Crippen molar-refractivity contribution in [2.45, 2.75) is 57.7 Å². The first-order valence-electron chi connectivity index (χ1n) is 8.44. The molecule has 0 amide bonds. The maximum Gasteiger partial charge on any atom is 0.573 e. The zero-order valence-electron chi connectivity index (χ0n) is 14.1. The van der Waals surface area contributed by atoms with Gasteiger partial charge < -0.3 is 20.5 Å². The van der Waals surface area contributed by atoms with E-state index in [-0.39, 0.29) is 24.4 Å². The van der Waals surface area contributed by atoms with Gasteiger partial charge in [-0.3, -0.25) is 0 Å². The second-order valence-corrected chi connectivity index (χ2v) is 6.00. The highest BCUT2D eigenvalue weighted by Gasteiger charge is 2.32. The van der Waals surface area contributed by atoms with Crippen molar-refractivity contribution < 1.29 is 23.0 Å². The zero-order valence-corrected chi connectivity index (χ0v) is 14.1. The van der Waals surface area contributed by atoms with Crippen molar-refractivity contribution in [3.63, 3.8) is 0 Å². The van der Waals surface area contributed by atoms with Crippen LogP contribution in [-0.2, 0) is 6.54 Å². The van der Waals surface area contributed by atoms with Gasteiger partial charge in [-0.25, -0.2) is 4.99 Å². The van der Waals surface area contributed by atoms with Gasteiger partial charge in [0.25, 0.3) is 0 Å². The van der Waals surface area contributed by atoms with Crippen molar-refractivity contribution in [2.75, 3.05) is 6.54 Å². The Morgan fingerprint density at radius 1 is 1.24 bits per heavy atom. The number of rotatable bonds is 5. The van der Waals surface area contributed by atoms with Crippen LogP contribution in [0.2, 0.25) is 0 Å². The Hall–Kier alpha value is -1.96. The number of benzene rings is 1. The van der Waals surface area contributed by atoms with Gasteiger partial charge in [-0.2, -0.15) is 0 Å². The molecule has 1 aliphatic carbocycles. The van der Waals surface area contributed by atoms with E-state index in [0.29, 0.717) is 18.1 Å². The van der Waals surface area contributed by atoms with Crippen LogP contribution >= 0.6 is 0 Å². The Balaban J connectivity index is 2.03. The molecule has 0 atom stereocenters. The largest absolute Gasteiger partial charge is 0.573 e. The summed E-state index contributed by atoms with van der Waals surface area (Å²) in [5, 5.41) is 15.9. The van der Waals surface area contributed by atoms with Gasteiger partial charge in [0, 0.05) is 18.2 Å². The van der Waals surface area contributed by atoms with Crippen molar-refractivity contribution in [3.05, 3.63) is 29.8 Å². The monoisotopic (exact) mass is 359 g/mol. The molecular formula is C17H24F3N3O2. The minimum Gasteiger partial charge on any atom is -0.405 e. The summed E-state index contributed by atoms with van der Waals surface area (Å²) >= 11 is 0. The summed E-state index contributed by atoms with van der Waals surface area (Å²) in [5.74, 6) is 0.307. The summed E-state index contributed by atoms with van der Waals surface area (Å²) in [6.45, 7) is 2.63. The molecule has 8 heteroatoms. The summed E-state index contributed by atoms with van der Waals surface area (Å²) < 4.78 is 41.5. The fourth-order valence-corrected chi connectivity index (χ4v) is 2.76. The number of hydrogen-bond donors (Lipinski definition) is 3. The maximum absolute atomic E-state index is 12.5. The normalized spacial score (nSPS) is 21.7. The van der Waals surface area contributed by atoms with Crippen LogP contribution in [0.25, 0.3) is 0 Å². The molecule has 1 aromatic rings. The molecule has 3 N–H and O–H groups in total. The van der Waals surface area contributed by atoms with Crippen LogP contribution in [0.4, 0.5) is 13.2 Å². The predicted octanol–water partition coefficient (Wildman–Crippen LogP) is 2.94. The number of guanidine groups is 1. The van der Waals surface area contributed by atoms with E-state index >= 15 is 0 Å². The van der Waals surface area contributed by atoms with Gasteiger partial charge in [-0.05, 0) is 38.7 Å². The highest BCUT2D eigenvalue weighted by molar-refractivity contribution is 5.80. The first-order valence-corrected chi connectivity index (χ1v) is 8.44. The van der Waals surface area contributed by atoms with Gasteiger partial charge in [0.2, 0.25) is 0 Å². The molecule has 0 heterocycles. The number of ether oxygens (including phenoxy) is 1. The van der Waals surface area contributed by atoms with Gasteiger partial charge in [-0.15, -0.1) is 13.2 Å². The fraction of sp³-hybridized carbons (Fsp3) is 0.588. The van der Waals surface area contributed by atoms with E-state index in [1.807, 2.05) is 6.92 Å². The summed E-state index contributed by atoms with van der Waals surface area (Å²) in [4.78, 5) is 4.37. The van der Waals surface area contributed by atoms with Crippen molar-refractivity contribution in [3.8, 4) is 5.75 Å². The zero-order chi connectivity index (χ0) is 18.3. The van der Waals surface area contributed by atoms with Crippen LogP contribution in [0.15, 0.2) is 29.3 Å². The second-order valence-electron chi connectivity index (χ2n) is 6.00. The van der Waals surface area contributed by atoms with Crippen LogP contribution in [0.3, 0.4) is 0 Å². The third-order valence-corrected chi connectivity index (χ3v) is 3.99. The fourth-order valence-electron chi connectivity index (χ4n) is 2.76. The van der Waals surface area contributed by atoms with Crippen molar-refractivity contribution in [2.24, 2.45) is 4.99 Å². The van der Waals surface area contributed by atoms with E-state index in [9.17, 15) is 18.3 Å². The number of aliphatic hydroxyl groups excluding tert-OH is 1. The quantitative estimate of drug-likeness (QED) is 0.559. The third-order valence-electron chi connectivity index (χ3n) is 3.99. The molecule has 0 spiro atoms. The number of aliphatic hydroxyl groups is 1. The summed E-state index contributed by atoms with van der Waals surface area (Å²) in [6, 6.07) is 6.18. The van der Waals surface area contributed by atoms with E-state index in [0.717, 1.165) is 25.7 Å². The van der Waals surface area contributed by atoms with Crippen molar-refractivity contribution >= 4 is 5.96 Å². The molecule has 0 aliphatic heterocycles. The summed E-state index contributed by atoms with van der Waals surface area (Å²) in [7, 11) is 0. The van der Waals surface area contributed by atoms with Crippen LogP contribution in [-0.4, -0.2) is 36.1 Å². The average Bonchev–Trinajstić information content (AvgIpc) is 2.55. The molecule has 140 valence electrons. The number of nitrogens with zero attached hydrogens (tertiary/aromatic N) is 1. The predicted molar refractivity (Wildman–Crippen MR) is 89.3 cm³/mol. The first kappa shape index (κ1) is 19.4. The lowest BCUT2D eigenvalue weighted by Gasteiger charge is -2.27. The Bertz CT molecular complexity index is 571. The molecule has 25 heavy (non-hydrogen) atoms. The smallest absolute Gasteiger partial charge is 0.405 e. The highest BCUT2D eigenvalue weighted by Crippen LogP contribution is 2.26. The van der Waals surface area contributed by atoms with E-state index in [2.05, 4.69) is 20.4 Å². The van der Waals surface area contributed by atoms with Gasteiger partial charge in [-0.1, -0.05) is 18.2 Å². The molecule has 0 saturated heterocycles. The lowest BCUT2D eigenvalue weighted by Crippen LogP contribution is -2.45. The Morgan fingerprint density at radius 3 is 2.56 bits per heavy atom. The number of nitrogens with one attached hydrogen (secondary N) is 2. The van der Waals surface area contributed by atoms with Crippen LogP contribution in [0, 0.1) is 0 Å². The van der Waals surface area contributed by atoms with Crippen LogP contribution in [0.5, 0.6) is 5.75 Å². The molecule has 0 bridgehead atoms. The molecule has 5 nitrogen and oxygen atoms in total. The summed E-state index contributed by atoms with van der Waals surface area (Å²) in [5.41, 5.74) is 0.357. The molecule has 1 saturated carbocycles. The van der Waals surface area contributed by atoms with Gasteiger partial charge in [0.05, 0.1) is 12.6 Å². The van der Waals surface area contributed by atoms with Crippen LogP contribution in [0.1, 0.15) is 38.2 Å². The van der Waals surface area contributed by atoms with E-state index < -0.39 is 6.36 Å². The van der Waals surface area contributed by atoms with Gasteiger partial charge in [0.1, 0.15) is 5.75 Å². The van der Waals surface area contributed by atoms with Gasteiger partial charge >= 0.3 is 6.36 Å². The summed E-state index contributed by atoms with van der Waals surface area (Å²) in [6.07, 6.45) is -1.84. The number of alkyl halides is 3. The minimum atomic E-state index is -4.73. The highest BCUT2D eigenvalue weighted by atomic mass is 19.4. The molecule has 0 unspecified atom stereocenters.